The molecule has 3 heteroatoms. The first-order valence-electron chi connectivity index (χ1n) is 4.94. The Morgan fingerprint density at radius 3 is 2.79 bits per heavy atom. The molecule has 0 aromatic rings. The number of ketones is 1. The van der Waals surface area contributed by atoms with E-state index in [-0.39, 0.29) is 17.3 Å². The fraction of sp³-hybridized carbons (Fsp3) is 0.636. The fourth-order valence-electron chi connectivity index (χ4n) is 1.91. The highest BCUT2D eigenvalue weighted by Gasteiger charge is 2.32. The zero-order chi connectivity index (χ0) is 10.7. The van der Waals surface area contributed by atoms with Crippen molar-refractivity contribution in [2.24, 2.45) is 11.8 Å². The molecule has 3 nitrogen and oxygen atoms in total. The molecule has 1 aliphatic rings. The SMILES string of the molecule is CC[C@@H]1C(=O)C(C(=O)OC)=CC[C@H]1C. The van der Waals surface area contributed by atoms with E-state index in [4.69, 9.17) is 0 Å². The first kappa shape index (κ1) is 11.0. The number of carbonyl (C=O) groups is 2. The number of hydrogen-bond acceptors (Lipinski definition) is 3. The first-order chi connectivity index (χ1) is 6.61. The number of ether oxygens (including phenoxy) is 1. The summed E-state index contributed by atoms with van der Waals surface area (Å²) in [6, 6.07) is 0. The van der Waals surface area contributed by atoms with Crippen molar-refractivity contribution in [2.75, 3.05) is 7.11 Å². The summed E-state index contributed by atoms with van der Waals surface area (Å²) in [6.45, 7) is 4.01. The largest absolute Gasteiger partial charge is 0.465 e. The monoisotopic (exact) mass is 196 g/mol. The molecule has 0 fully saturated rings. The van der Waals surface area contributed by atoms with E-state index in [2.05, 4.69) is 4.74 Å². The Hall–Kier alpha value is -1.12. The van der Waals surface area contributed by atoms with Gasteiger partial charge < -0.3 is 4.74 Å². The van der Waals surface area contributed by atoms with Gasteiger partial charge in [-0.25, -0.2) is 4.79 Å². The molecule has 0 aliphatic heterocycles. The maximum atomic E-state index is 11.8. The Bertz CT molecular complexity index is 278. The second kappa shape index (κ2) is 4.40. The summed E-state index contributed by atoms with van der Waals surface area (Å²) < 4.78 is 4.56. The van der Waals surface area contributed by atoms with Gasteiger partial charge in [-0.3, -0.25) is 4.79 Å². The number of carbonyl (C=O) groups excluding carboxylic acids is 2. The van der Waals surface area contributed by atoms with Gasteiger partial charge in [0.2, 0.25) is 0 Å². The van der Waals surface area contributed by atoms with Crippen LogP contribution in [-0.2, 0) is 14.3 Å². The molecule has 78 valence electrons. The minimum absolute atomic E-state index is 0.0194. The Morgan fingerprint density at radius 1 is 1.64 bits per heavy atom. The van der Waals surface area contributed by atoms with Crippen molar-refractivity contribution in [1.82, 2.24) is 0 Å². The predicted octanol–water partition coefficient (Wildman–Crippen LogP) is 1.72. The molecular formula is C11H16O3. The van der Waals surface area contributed by atoms with Gasteiger partial charge in [-0.1, -0.05) is 19.9 Å². The van der Waals surface area contributed by atoms with Crippen molar-refractivity contribution in [3.63, 3.8) is 0 Å². The molecule has 14 heavy (non-hydrogen) atoms. The van der Waals surface area contributed by atoms with Gasteiger partial charge in [-0.2, -0.15) is 0 Å². The van der Waals surface area contributed by atoms with Crippen LogP contribution in [0.15, 0.2) is 11.6 Å². The number of esters is 1. The summed E-state index contributed by atoms with van der Waals surface area (Å²) in [4.78, 5) is 23.0. The second-order valence-corrected chi connectivity index (χ2v) is 3.70. The molecule has 0 aromatic carbocycles. The van der Waals surface area contributed by atoms with Gasteiger partial charge in [0.25, 0.3) is 0 Å². The maximum Gasteiger partial charge on any atom is 0.341 e. The smallest absolute Gasteiger partial charge is 0.341 e. The molecule has 2 atom stereocenters. The highest BCUT2D eigenvalue weighted by atomic mass is 16.5. The third-order valence-electron chi connectivity index (χ3n) is 2.83. The molecule has 0 spiro atoms. The summed E-state index contributed by atoms with van der Waals surface area (Å²) in [5.74, 6) is -0.242. The van der Waals surface area contributed by atoms with Gasteiger partial charge in [-0.05, 0) is 18.8 Å². The highest BCUT2D eigenvalue weighted by Crippen LogP contribution is 2.29. The van der Waals surface area contributed by atoms with E-state index in [1.54, 1.807) is 6.08 Å². The summed E-state index contributed by atoms with van der Waals surface area (Å²) in [7, 11) is 1.30. The number of rotatable bonds is 2. The molecule has 0 saturated carbocycles. The highest BCUT2D eigenvalue weighted by molar-refractivity contribution is 6.18. The zero-order valence-corrected chi connectivity index (χ0v) is 8.87. The van der Waals surface area contributed by atoms with Crippen LogP contribution in [0, 0.1) is 11.8 Å². The van der Waals surface area contributed by atoms with Gasteiger partial charge in [0.15, 0.2) is 5.78 Å². The standard InChI is InChI=1S/C11H16O3/c1-4-8-7(2)5-6-9(10(8)12)11(13)14-3/h6-8H,4-5H2,1-3H3/t7-,8+/m1/s1. The van der Waals surface area contributed by atoms with Crippen LogP contribution in [0.5, 0.6) is 0 Å². The van der Waals surface area contributed by atoms with Crippen molar-refractivity contribution < 1.29 is 14.3 Å². The van der Waals surface area contributed by atoms with Crippen LogP contribution >= 0.6 is 0 Å². The van der Waals surface area contributed by atoms with E-state index >= 15 is 0 Å². The molecule has 0 amide bonds. The molecular weight excluding hydrogens is 180 g/mol. The fourth-order valence-corrected chi connectivity index (χ4v) is 1.91. The molecule has 0 saturated heterocycles. The third kappa shape index (κ3) is 1.86. The van der Waals surface area contributed by atoms with Crippen LogP contribution in [0.4, 0.5) is 0 Å². The normalized spacial score (nSPS) is 27.1. The van der Waals surface area contributed by atoms with Gasteiger partial charge in [-0.15, -0.1) is 0 Å². The average molecular weight is 196 g/mol. The second-order valence-electron chi connectivity index (χ2n) is 3.70. The Balaban J connectivity index is 2.89. The van der Waals surface area contributed by atoms with Crippen LogP contribution in [-0.4, -0.2) is 18.9 Å². The number of hydrogen-bond donors (Lipinski definition) is 0. The molecule has 0 aromatic heterocycles. The van der Waals surface area contributed by atoms with Crippen LogP contribution < -0.4 is 0 Å². The summed E-state index contributed by atoms with van der Waals surface area (Å²) in [6.07, 6.45) is 3.27. The molecule has 1 aliphatic carbocycles. The van der Waals surface area contributed by atoms with Gasteiger partial charge >= 0.3 is 5.97 Å². The summed E-state index contributed by atoms with van der Waals surface area (Å²) in [5.41, 5.74) is 0.234. The van der Waals surface area contributed by atoms with E-state index in [0.29, 0.717) is 5.92 Å². The average Bonchev–Trinajstić information content (AvgIpc) is 2.18. The zero-order valence-electron chi connectivity index (χ0n) is 8.87. The number of Topliss-reactive ketones (excluding diaryl/α,β-unsaturated/α-hetero) is 1. The van der Waals surface area contributed by atoms with E-state index in [0.717, 1.165) is 12.8 Å². The lowest BCUT2D eigenvalue weighted by Crippen LogP contribution is -2.30. The van der Waals surface area contributed by atoms with Crippen molar-refractivity contribution in [3.8, 4) is 0 Å². The van der Waals surface area contributed by atoms with Crippen LogP contribution in [0.2, 0.25) is 0 Å². The summed E-state index contributed by atoms with van der Waals surface area (Å²) >= 11 is 0. The number of allylic oxidation sites excluding steroid dienone is 1. The van der Waals surface area contributed by atoms with Gasteiger partial charge in [0.05, 0.1) is 12.7 Å². The number of methoxy groups -OCH3 is 1. The Kier molecular flexibility index (Phi) is 3.44. The first-order valence-corrected chi connectivity index (χ1v) is 4.94. The Labute approximate surface area is 84.1 Å². The minimum Gasteiger partial charge on any atom is -0.465 e. The molecule has 0 bridgehead atoms. The molecule has 0 radical (unpaired) electrons. The predicted molar refractivity (Wildman–Crippen MR) is 52.7 cm³/mol. The van der Waals surface area contributed by atoms with Crippen molar-refractivity contribution in [1.29, 1.82) is 0 Å². The molecule has 0 N–H and O–H groups in total. The quantitative estimate of drug-likeness (QED) is 0.499. The topological polar surface area (TPSA) is 43.4 Å². The van der Waals surface area contributed by atoms with Crippen LogP contribution in [0.25, 0.3) is 0 Å². The minimum atomic E-state index is -0.500. The van der Waals surface area contributed by atoms with Crippen molar-refractivity contribution in [2.45, 2.75) is 26.7 Å². The van der Waals surface area contributed by atoms with Gasteiger partial charge in [0, 0.05) is 5.92 Å². The molecule has 0 heterocycles. The van der Waals surface area contributed by atoms with E-state index in [9.17, 15) is 9.59 Å². The van der Waals surface area contributed by atoms with Gasteiger partial charge in [0.1, 0.15) is 0 Å². The van der Waals surface area contributed by atoms with Crippen LogP contribution in [0.1, 0.15) is 26.7 Å². The van der Waals surface area contributed by atoms with E-state index < -0.39 is 5.97 Å². The lowest BCUT2D eigenvalue weighted by atomic mass is 9.78. The molecule has 1 rings (SSSR count). The lowest BCUT2D eigenvalue weighted by Gasteiger charge is -2.25. The van der Waals surface area contributed by atoms with Crippen molar-refractivity contribution in [3.05, 3.63) is 11.6 Å². The third-order valence-corrected chi connectivity index (χ3v) is 2.83. The van der Waals surface area contributed by atoms with E-state index in [1.807, 2.05) is 13.8 Å². The van der Waals surface area contributed by atoms with E-state index in [1.165, 1.54) is 7.11 Å². The summed E-state index contributed by atoms with van der Waals surface area (Å²) in [5, 5.41) is 0. The van der Waals surface area contributed by atoms with Crippen LogP contribution in [0.3, 0.4) is 0 Å². The Morgan fingerprint density at radius 2 is 2.29 bits per heavy atom. The lowest BCUT2D eigenvalue weighted by molar-refractivity contribution is -0.139. The maximum absolute atomic E-state index is 11.8. The molecule has 0 unspecified atom stereocenters. The van der Waals surface area contributed by atoms with Crippen molar-refractivity contribution >= 4 is 11.8 Å².